The lowest BCUT2D eigenvalue weighted by Gasteiger charge is -2.21. The Bertz CT molecular complexity index is 1560. The van der Waals surface area contributed by atoms with Gasteiger partial charge in [-0.25, -0.2) is 9.97 Å². The Kier molecular flexibility index (Phi) is 7.08. The second-order valence-corrected chi connectivity index (χ2v) is 11.1. The molecule has 4 aromatic rings. The van der Waals surface area contributed by atoms with Crippen LogP contribution in [0, 0.1) is 5.92 Å². The number of hydrogen-bond acceptors (Lipinski definition) is 9. The van der Waals surface area contributed by atoms with Crippen LogP contribution in [0.2, 0.25) is 0 Å². The van der Waals surface area contributed by atoms with Crippen molar-refractivity contribution in [3.63, 3.8) is 0 Å². The lowest BCUT2D eigenvalue weighted by atomic mass is 9.99. The first-order valence-electron chi connectivity index (χ1n) is 12.5. The van der Waals surface area contributed by atoms with Crippen LogP contribution in [0.5, 0.6) is 0 Å². The van der Waals surface area contributed by atoms with E-state index in [1.54, 1.807) is 22.7 Å². The zero-order valence-corrected chi connectivity index (χ0v) is 22.2. The van der Waals surface area contributed by atoms with E-state index in [2.05, 4.69) is 37.4 Å². The monoisotopic (exact) mass is 542 g/mol. The Labute approximate surface area is 227 Å². The molecule has 3 aliphatic heterocycles. The predicted molar refractivity (Wildman–Crippen MR) is 154 cm³/mol. The van der Waals surface area contributed by atoms with Crippen molar-refractivity contribution in [1.29, 1.82) is 0 Å². The third-order valence-electron chi connectivity index (χ3n) is 6.48. The van der Waals surface area contributed by atoms with Crippen LogP contribution in [0.4, 0.5) is 0 Å². The van der Waals surface area contributed by atoms with Crippen LogP contribution in [0.25, 0.3) is 20.4 Å². The highest BCUT2D eigenvalue weighted by Gasteiger charge is 2.25. The maximum atomic E-state index is 12.4. The standard InChI is InChI=1S/C17H17N3O2S.C11H9N3S/c21-16(11-6-9-22-10-7-11)19-13-5-8-18-15(13)17-20-12-3-1-2-4-14(12)23-17;12-7-5-6-13-10(7)11-14-8-3-1-2-4-9(8)15-11/h1-5,11H,6-10H2,(H,19,21);1-5H,6,12H2. The summed E-state index contributed by atoms with van der Waals surface area (Å²) in [5.74, 6) is 0.0946. The number of para-hydroxylation sites is 2. The van der Waals surface area contributed by atoms with Crippen molar-refractivity contribution >= 4 is 60.4 Å². The summed E-state index contributed by atoms with van der Waals surface area (Å²) in [5, 5.41) is 4.83. The first-order chi connectivity index (χ1) is 18.7. The zero-order valence-electron chi connectivity index (χ0n) is 20.6. The highest BCUT2D eigenvalue weighted by atomic mass is 32.1. The van der Waals surface area contributed by atoms with Gasteiger partial charge in [-0.3, -0.25) is 14.8 Å². The van der Waals surface area contributed by atoms with Gasteiger partial charge in [0.15, 0.2) is 0 Å². The number of thiazole rings is 2. The van der Waals surface area contributed by atoms with Crippen molar-refractivity contribution in [3.05, 3.63) is 82.1 Å². The molecule has 0 spiro atoms. The van der Waals surface area contributed by atoms with E-state index < -0.39 is 0 Å². The molecule has 0 atom stereocenters. The lowest BCUT2D eigenvalue weighted by molar-refractivity contribution is -0.126. The first kappa shape index (κ1) is 24.6. The number of nitrogens with one attached hydrogen (secondary N) is 1. The van der Waals surface area contributed by atoms with Crippen molar-refractivity contribution in [1.82, 2.24) is 15.3 Å². The molecular formula is C28H26N6O2S2. The van der Waals surface area contributed by atoms with Crippen molar-refractivity contribution in [2.45, 2.75) is 12.8 Å². The number of ether oxygens (including phenoxy) is 1. The fraction of sp³-hybridized carbons (Fsp3) is 0.250. The highest BCUT2D eigenvalue weighted by Crippen LogP contribution is 2.26. The molecule has 2 aromatic heterocycles. The zero-order chi connectivity index (χ0) is 25.9. The van der Waals surface area contributed by atoms with Crippen LogP contribution in [-0.2, 0) is 9.53 Å². The van der Waals surface area contributed by atoms with Gasteiger partial charge in [-0.05, 0) is 49.3 Å². The number of carbonyl (C=O) groups excluding carboxylic acids is 1. The Balaban J connectivity index is 0.000000152. The van der Waals surface area contributed by atoms with E-state index >= 15 is 0 Å². The molecule has 0 unspecified atom stereocenters. The van der Waals surface area contributed by atoms with Gasteiger partial charge in [-0.2, -0.15) is 0 Å². The molecule has 3 aliphatic rings. The minimum atomic E-state index is 0.0295. The van der Waals surface area contributed by atoms with Gasteiger partial charge >= 0.3 is 0 Å². The molecule has 0 saturated carbocycles. The number of benzene rings is 2. The van der Waals surface area contributed by atoms with Gasteiger partial charge in [-0.15, -0.1) is 22.7 Å². The van der Waals surface area contributed by atoms with Gasteiger partial charge in [0.1, 0.15) is 21.4 Å². The molecule has 7 rings (SSSR count). The van der Waals surface area contributed by atoms with Gasteiger partial charge in [0, 0.05) is 19.1 Å². The Morgan fingerprint density at radius 3 is 2.03 bits per heavy atom. The average molecular weight is 543 g/mol. The Morgan fingerprint density at radius 2 is 1.42 bits per heavy atom. The Morgan fingerprint density at radius 1 is 0.842 bits per heavy atom. The van der Waals surface area contributed by atoms with E-state index in [0.29, 0.717) is 26.3 Å². The molecule has 0 radical (unpaired) electrons. The van der Waals surface area contributed by atoms with Crippen LogP contribution in [0.3, 0.4) is 0 Å². The molecule has 0 bridgehead atoms. The number of hydrogen-bond donors (Lipinski definition) is 2. The summed E-state index contributed by atoms with van der Waals surface area (Å²) in [4.78, 5) is 30.4. The largest absolute Gasteiger partial charge is 0.397 e. The number of nitrogens with two attached hydrogens (primary N) is 1. The lowest BCUT2D eigenvalue weighted by Crippen LogP contribution is -2.35. The molecule has 192 valence electrons. The molecule has 1 saturated heterocycles. The van der Waals surface area contributed by atoms with Crippen LogP contribution in [-0.4, -0.2) is 53.6 Å². The van der Waals surface area contributed by atoms with Gasteiger partial charge < -0.3 is 15.8 Å². The van der Waals surface area contributed by atoms with E-state index in [9.17, 15) is 4.79 Å². The van der Waals surface area contributed by atoms with Gasteiger partial charge in [0.2, 0.25) is 5.91 Å². The summed E-state index contributed by atoms with van der Waals surface area (Å²) in [6.45, 7) is 2.59. The normalized spacial score (nSPS) is 17.5. The summed E-state index contributed by atoms with van der Waals surface area (Å²) < 4.78 is 7.62. The molecule has 8 nitrogen and oxygen atoms in total. The summed E-state index contributed by atoms with van der Waals surface area (Å²) in [7, 11) is 0. The first-order valence-corrected chi connectivity index (χ1v) is 14.1. The number of fused-ring (bicyclic) bond motifs is 2. The van der Waals surface area contributed by atoms with E-state index in [-0.39, 0.29) is 11.8 Å². The maximum Gasteiger partial charge on any atom is 0.227 e. The summed E-state index contributed by atoms with van der Waals surface area (Å²) in [6.07, 6.45) is 5.44. The second-order valence-electron chi connectivity index (χ2n) is 9.01. The fourth-order valence-corrected chi connectivity index (χ4v) is 6.44. The van der Waals surface area contributed by atoms with Crippen LogP contribution < -0.4 is 11.1 Å². The molecule has 38 heavy (non-hydrogen) atoms. The smallest absolute Gasteiger partial charge is 0.227 e. The minimum Gasteiger partial charge on any atom is -0.397 e. The average Bonchev–Trinajstić information content (AvgIpc) is 3.74. The van der Waals surface area contributed by atoms with Crippen LogP contribution in [0.1, 0.15) is 22.9 Å². The van der Waals surface area contributed by atoms with E-state index in [1.165, 1.54) is 4.70 Å². The van der Waals surface area contributed by atoms with Crippen LogP contribution in [0.15, 0.2) is 82.1 Å². The van der Waals surface area contributed by atoms with Crippen molar-refractivity contribution in [2.24, 2.45) is 21.6 Å². The predicted octanol–water partition coefficient (Wildman–Crippen LogP) is 4.47. The van der Waals surface area contributed by atoms with Gasteiger partial charge in [0.05, 0.1) is 44.9 Å². The number of allylic oxidation sites excluding steroid dienone is 2. The third kappa shape index (κ3) is 5.15. The fourth-order valence-electron chi connectivity index (χ4n) is 4.46. The SMILES string of the molecule is NC1=CCN=C1c1nc2ccccc2s1.O=C(NC1=CCN=C1c1nc2ccccc2s1)C1CCOCC1. The molecule has 1 amide bonds. The van der Waals surface area contributed by atoms with E-state index in [0.717, 1.165) is 61.4 Å². The molecule has 10 heteroatoms. The van der Waals surface area contributed by atoms with Crippen LogP contribution >= 0.6 is 22.7 Å². The number of aromatic nitrogens is 2. The van der Waals surface area contributed by atoms with Crippen molar-refractivity contribution in [3.8, 4) is 0 Å². The molecule has 2 aromatic carbocycles. The summed E-state index contributed by atoms with van der Waals surface area (Å²) >= 11 is 3.24. The second kappa shape index (κ2) is 10.9. The third-order valence-corrected chi connectivity index (χ3v) is 8.56. The molecule has 5 heterocycles. The maximum absolute atomic E-state index is 12.4. The molecule has 3 N–H and O–H groups in total. The number of nitrogens with zero attached hydrogens (tertiary/aromatic N) is 4. The van der Waals surface area contributed by atoms with Gasteiger partial charge in [0.25, 0.3) is 0 Å². The summed E-state index contributed by atoms with van der Waals surface area (Å²) in [6, 6.07) is 16.1. The van der Waals surface area contributed by atoms with Crippen molar-refractivity contribution < 1.29 is 9.53 Å². The van der Waals surface area contributed by atoms with E-state index in [1.807, 2.05) is 48.6 Å². The molecular weight excluding hydrogens is 516 g/mol. The Hall–Kier alpha value is -3.73. The number of rotatable bonds is 4. The van der Waals surface area contributed by atoms with Crippen molar-refractivity contribution in [2.75, 3.05) is 26.3 Å². The number of carbonyl (C=O) groups is 1. The van der Waals surface area contributed by atoms with E-state index in [4.69, 9.17) is 10.5 Å². The quantitative estimate of drug-likeness (QED) is 0.395. The molecule has 0 aliphatic carbocycles. The number of aliphatic imine (C=N–C) groups is 2. The van der Waals surface area contributed by atoms with Gasteiger partial charge in [-0.1, -0.05) is 24.3 Å². The molecule has 1 fully saturated rings. The topological polar surface area (TPSA) is 115 Å². The minimum absolute atomic E-state index is 0.0295. The number of amides is 1. The highest BCUT2D eigenvalue weighted by molar-refractivity contribution is 7.20. The summed E-state index contributed by atoms with van der Waals surface area (Å²) in [5.41, 5.74) is 11.0.